The Kier molecular flexibility index (Phi) is 5.73. The molecule has 0 aliphatic heterocycles. The summed E-state index contributed by atoms with van der Waals surface area (Å²) in [5, 5.41) is 10.5. The molecule has 5 nitrogen and oxygen atoms in total. The zero-order valence-electron chi connectivity index (χ0n) is 10.9. The van der Waals surface area contributed by atoms with Gasteiger partial charge in [0.05, 0.1) is 17.4 Å². The third-order valence-corrected chi connectivity index (χ3v) is 2.70. The summed E-state index contributed by atoms with van der Waals surface area (Å²) in [5.41, 5.74) is 0.908. The molecule has 0 aliphatic carbocycles. The highest BCUT2D eigenvalue weighted by molar-refractivity contribution is 5.73. The van der Waals surface area contributed by atoms with Crippen LogP contribution in [0.5, 0.6) is 0 Å². The number of carbonyl (C=O) groups excluding carboxylic acids is 1. The van der Waals surface area contributed by atoms with E-state index in [1.165, 1.54) is 12.1 Å². The van der Waals surface area contributed by atoms with Crippen LogP contribution in [0, 0.1) is 16.0 Å². The third-order valence-electron chi connectivity index (χ3n) is 2.70. The van der Waals surface area contributed by atoms with Crippen molar-refractivity contribution in [2.45, 2.75) is 19.8 Å². The van der Waals surface area contributed by atoms with Crippen molar-refractivity contribution in [2.75, 3.05) is 6.61 Å². The number of nitrogens with zero attached hydrogens (tertiary/aromatic N) is 1. The molecule has 0 fully saturated rings. The van der Waals surface area contributed by atoms with E-state index in [1.54, 1.807) is 25.1 Å². The lowest BCUT2D eigenvalue weighted by atomic mass is 9.96. The second-order valence-electron chi connectivity index (χ2n) is 4.10. The largest absolute Gasteiger partial charge is 0.466 e. The van der Waals surface area contributed by atoms with E-state index in [2.05, 4.69) is 6.58 Å². The fourth-order valence-corrected chi connectivity index (χ4v) is 1.76. The molecule has 0 saturated carbocycles. The first kappa shape index (κ1) is 14.9. The molecule has 0 radical (unpaired) electrons. The molecule has 102 valence electrons. The van der Waals surface area contributed by atoms with Crippen molar-refractivity contribution in [3.8, 4) is 0 Å². The quantitative estimate of drug-likeness (QED) is 0.328. The Morgan fingerprint density at radius 3 is 2.58 bits per heavy atom. The molecule has 1 aromatic carbocycles. The van der Waals surface area contributed by atoms with Crippen LogP contribution >= 0.6 is 0 Å². The molecule has 0 aliphatic rings. The summed E-state index contributed by atoms with van der Waals surface area (Å²) in [6.45, 7) is 5.72. The standard InChI is InChI=1S/C14H17NO4/c1-3-5-12(14(16)19-4-2)10-11-6-8-13(9-7-11)15(17)18/h3,6-9,12H,1,4-5,10H2,2H3/t12-/m1/s1. The van der Waals surface area contributed by atoms with Crippen LogP contribution < -0.4 is 0 Å². The number of carbonyl (C=O) groups is 1. The molecule has 19 heavy (non-hydrogen) atoms. The summed E-state index contributed by atoms with van der Waals surface area (Å²) < 4.78 is 5.00. The number of non-ortho nitro benzene ring substituents is 1. The van der Waals surface area contributed by atoms with Gasteiger partial charge in [0.15, 0.2) is 0 Å². The van der Waals surface area contributed by atoms with Crippen molar-refractivity contribution in [1.29, 1.82) is 0 Å². The Balaban J connectivity index is 2.75. The van der Waals surface area contributed by atoms with Gasteiger partial charge in [-0.1, -0.05) is 18.2 Å². The monoisotopic (exact) mass is 263 g/mol. The lowest BCUT2D eigenvalue weighted by molar-refractivity contribution is -0.384. The Morgan fingerprint density at radius 2 is 2.11 bits per heavy atom. The highest BCUT2D eigenvalue weighted by Gasteiger charge is 2.19. The second-order valence-corrected chi connectivity index (χ2v) is 4.10. The van der Waals surface area contributed by atoms with E-state index in [1.807, 2.05) is 0 Å². The van der Waals surface area contributed by atoms with Gasteiger partial charge in [-0.3, -0.25) is 14.9 Å². The molecule has 1 rings (SSSR count). The molecule has 0 amide bonds. The zero-order chi connectivity index (χ0) is 14.3. The van der Waals surface area contributed by atoms with Crippen LogP contribution in [-0.2, 0) is 16.0 Å². The molecular formula is C14H17NO4. The minimum atomic E-state index is -0.448. The van der Waals surface area contributed by atoms with Crippen LogP contribution in [0.3, 0.4) is 0 Å². The number of rotatable bonds is 7. The number of ether oxygens (including phenoxy) is 1. The Morgan fingerprint density at radius 1 is 1.47 bits per heavy atom. The number of allylic oxidation sites excluding steroid dienone is 1. The predicted molar refractivity (Wildman–Crippen MR) is 71.7 cm³/mol. The van der Waals surface area contributed by atoms with Crippen LogP contribution in [0.2, 0.25) is 0 Å². The first-order valence-corrected chi connectivity index (χ1v) is 6.09. The SMILES string of the molecule is C=CC[C@H](Cc1ccc([N+](=O)[O-])cc1)C(=O)OCC. The Bertz CT molecular complexity index is 453. The first-order valence-electron chi connectivity index (χ1n) is 6.09. The van der Waals surface area contributed by atoms with Crippen LogP contribution in [0.4, 0.5) is 5.69 Å². The van der Waals surface area contributed by atoms with E-state index in [4.69, 9.17) is 4.74 Å². The lowest BCUT2D eigenvalue weighted by Gasteiger charge is -2.13. The number of benzene rings is 1. The molecule has 1 atom stereocenters. The molecule has 0 N–H and O–H groups in total. The van der Waals surface area contributed by atoms with Gasteiger partial charge in [0.1, 0.15) is 0 Å². The van der Waals surface area contributed by atoms with Gasteiger partial charge in [0.2, 0.25) is 0 Å². The highest BCUT2D eigenvalue weighted by Crippen LogP contribution is 2.18. The molecule has 0 spiro atoms. The Labute approximate surface area is 112 Å². The van der Waals surface area contributed by atoms with Gasteiger partial charge in [0.25, 0.3) is 5.69 Å². The summed E-state index contributed by atoms with van der Waals surface area (Å²) in [7, 11) is 0. The molecule has 0 heterocycles. The average molecular weight is 263 g/mol. The molecule has 0 aromatic heterocycles. The van der Waals surface area contributed by atoms with Crippen LogP contribution in [0.15, 0.2) is 36.9 Å². The zero-order valence-corrected chi connectivity index (χ0v) is 10.9. The van der Waals surface area contributed by atoms with Crippen molar-refractivity contribution in [2.24, 2.45) is 5.92 Å². The van der Waals surface area contributed by atoms with Gasteiger partial charge in [-0.15, -0.1) is 6.58 Å². The topological polar surface area (TPSA) is 69.4 Å². The molecule has 0 saturated heterocycles. The van der Waals surface area contributed by atoms with E-state index in [9.17, 15) is 14.9 Å². The summed E-state index contributed by atoms with van der Waals surface area (Å²) in [5.74, 6) is -0.556. The highest BCUT2D eigenvalue weighted by atomic mass is 16.6. The van der Waals surface area contributed by atoms with Crippen LogP contribution in [-0.4, -0.2) is 17.5 Å². The maximum Gasteiger partial charge on any atom is 0.309 e. The molecule has 5 heteroatoms. The normalized spacial score (nSPS) is 11.6. The molecule has 0 bridgehead atoms. The van der Waals surface area contributed by atoms with Gasteiger partial charge >= 0.3 is 5.97 Å². The van der Waals surface area contributed by atoms with Crippen LogP contribution in [0.25, 0.3) is 0 Å². The fraction of sp³-hybridized carbons (Fsp3) is 0.357. The summed E-state index contributed by atoms with van der Waals surface area (Å²) in [4.78, 5) is 21.8. The minimum Gasteiger partial charge on any atom is -0.466 e. The summed E-state index contributed by atoms with van der Waals surface area (Å²) >= 11 is 0. The van der Waals surface area contributed by atoms with E-state index >= 15 is 0 Å². The second kappa shape index (κ2) is 7.31. The van der Waals surface area contributed by atoms with Crippen molar-refractivity contribution in [1.82, 2.24) is 0 Å². The van der Waals surface area contributed by atoms with Crippen molar-refractivity contribution >= 4 is 11.7 Å². The van der Waals surface area contributed by atoms with Crippen molar-refractivity contribution in [3.63, 3.8) is 0 Å². The van der Waals surface area contributed by atoms with E-state index in [-0.39, 0.29) is 17.6 Å². The Hall–Kier alpha value is -2.17. The van der Waals surface area contributed by atoms with Gasteiger partial charge < -0.3 is 4.74 Å². The summed E-state index contributed by atoms with van der Waals surface area (Å²) in [6.07, 6.45) is 2.69. The first-order chi connectivity index (χ1) is 9.08. The number of hydrogen-bond donors (Lipinski definition) is 0. The number of nitro groups is 1. The van der Waals surface area contributed by atoms with E-state index < -0.39 is 4.92 Å². The maximum atomic E-state index is 11.7. The van der Waals surface area contributed by atoms with Crippen LogP contribution in [0.1, 0.15) is 18.9 Å². The van der Waals surface area contributed by atoms with Gasteiger partial charge in [-0.05, 0) is 25.3 Å². The van der Waals surface area contributed by atoms with Crippen molar-refractivity contribution < 1.29 is 14.5 Å². The molecular weight excluding hydrogens is 246 g/mol. The lowest BCUT2D eigenvalue weighted by Crippen LogP contribution is -2.19. The smallest absolute Gasteiger partial charge is 0.309 e. The third kappa shape index (κ3) is 4.54. The van der Waals surface area contributed by atoms with Gasteiger partial charge in [0, 0.05) is 12.1 Å². The number of hydrogen-bond acceptors (Lipinski definition) is 4. The fourth-order valence-electron chi connectivity index (χ4n) is 1.76. The number of esters is 1. The maximum absolute atomic E-state index is 11.7. The van der Waals surface area contributed by atoms with E-state index in [0.29, 0.717) is 19.4 Å². The molecule has 0 unspecified atom stereocenters. The van der Waals surface area contributed by atoms with Gasteiger partial charge in [-0.25, -0.2) is 0 Å². The molecule has 1 aromatic rings. The summed E-state index contributed by atoms with van der Waals surface area (Å²) in [6, 6.07) is 6.19. The van der Waals surface area contributed by atoms with E-state index in [0.717, 1.165) is 5.56 Å². The minimum absolute atomic E-state index is 0.0418. The van der Waals surface area contributed by atoms with Crippen molar-refractivity contribution in [3.05, 3.63) is 52.6 Å². The average Bonchev–Trinajstić information content (AvgIpc) is 2.39. The number of nitro benzene ring substituents is 1. The predicted octanol–water partition coefficient (Wildman–Crippen LogP) is 2.89. The van der Waals surface area contributed by atoms with Gasteiger partial charge in [-0.2, -0.15) is 0 Å².